The van der Waals surface area contributed by atoms with Gasteiger partial charge in [-0.1, -0.05) is 12.6 Å². The molecular formula is C35H44F2N8O3. The molecule has 1 atom stereocenters. The Morgan fingerprint density at radius 3 is 2.46 bits per heavy atom. The topological polar surface area (TPSA) is 98.3 Å². The largest absolute Gasteiger partial charge is 0.494 e. The van der Waals surface area contributed by atoms with Crippen LogP contribution in [0, 0.1) is 11.6 Å². The number of hydroxylamine groups is 1. The number of hydrogen-bond donors (Lipinski definition) is 2. The monoisotopic (exact) mass is 662 g/mol. The van der Waals surface area contributed by atoms with Gasteiger partial charge in [-0.05, 0) is 56.5 Å². The van der Waals surface area contributed by atoms with Crippen LogP contribution in [0.3, 0.4) is 0 Å². The van der Waals surface area contributed by atoms with E-state index in [9.17, 15) is 13.6 Å². The van der Waals surface area contributed by atoms with Gasteiger partial charge in [0, 0.05) is 69.9 Å². The van der Waals surface area contributed by atoms with Gasteiger partial charge in [0.05, 0.1) is 36.8 Å². The molecule has 3 aliphatic rings. The molecule has 256 valence electrons. The molecule has 0 unspecified atom stereocenters. The molecule has 4 heterocycles. The maximum Gasteiger partial charge on any atom is 0.247 e. The number of piperazine rings is 1. The summed E-state index contributed by atoms with van der Waals surface area (Å²) in [6.45, 7) is 14.7. The molecule has 11 nitrogen and oxygen atoms in total. The highest BCUT2D eigenvalue weighted by Gasteiger charge is 2.31. The first-order valence-corrected chi connectivity index (χ1v) is 16.6. The molecule has 2 aromatic carbocycles. The second-order valence-electron chi connectivity index (χ2n) is 12.7. The third-order valence-corrected chi connectivity index (χ3v) is 9.54. The molecule has 3 aromatic rings. The number of aromatic nitrogens is 2. The minimum Gasteiger partial charge on any atom is -0.494 e. The van der Waals surface area contributed by atoms with E-state index in [0.29, 0.717) is 59.4 Å². The zero-order valence-electron chi connectivity index (χ0n) is 27.8. The number of carbonyl (C=O) groups is 1. The van der Waals surface area contributed by atoms with Crippen LogP contribution in [0.2, 0.25) is 0 Å². The van der Waals surface area contributed by atoms with Gasteiger partial charge in [-0.2, -0.15) is 0 Å². The molecule has 48 heavy (non-hydrogen) atoms. The summed E-state index contributed by atoms with van der Waals surface area (Å²) in [5, 5.41) is 7.88. The highest BCUT2D eigenvalue weighted by molar-refractivity contribution is 6.02. The lowest BCUT2D eigenvalue weighted by molar-refractivity contribution is -0.111. The van der Waals surface area contributed by atoms with E-state index >= 15 is 0 Å². The Morgan fingerprint density at radius 1 is 1.00 bits per heavy atom. The number of benzene rings is 2. The first kappa shape index (κ1) is 33.6. The van der Waals surface area contributed by atoms with Crippen molar-refractivity contribution in [3.63, 3.8) is 0 Å². The van der Waals surface area contributed by atoms with Crippen LogP contribution in [0.1, 0.15) is 44.7 Å². The van der Waals surface area contributed by atoms with Gasteiger partial charge in [0.15, 0.2) is 17.5 Å². The van der Waals surface area contributed by atoms with Gasteiger partial charge >= 0.3 is 0 Å². The van der Waals surface area contributed by atoms with Crippen LogP contribution in [0.25, 0.3) is 0 Å². The fraction of sp³-hybridized carbons (Fsp3) is 0.457. The summed E-state index contributed by atoms with van der Waals surface area (Å²) in [5.41, 5.74) is 2.67. The van der Waals surface area contributed by atoms with Crippen LogP contribution in [0.5, 0.6) is 5.75 Å². The second kappa shape index (κ2) is 14.8. The van der Waals surface area contributed by atoms with Crippen LogP contribution in [-0.2, 0) is 9.63 Å². The molecule has 3 saturated heterocycles. The fourth-order valence-corrected chi connectivity index (χ4v) is 6.86. The van der Waals surface area contributed by atoms with Crippen molar-refractivity contribution in [3.8, 4) is 5.75 Å². The van der Waals surface area contributed by atoms with Gasteiger partial charge in [-0.3, -0.25) is 19.4 Å². The van der Waals surface area contributed by atoms with E-state index in [1.54, 1.807) is 24.3 Å². The third kappa shape index (κ3) is 7.38. The van der Waals surface area contributed by atoms with Crippen molar-refractivity contribution in [1.29, 1.82) is 0 Å². The van der Waals surface area contributed by atoms with E-state index in [4.69, 9.17) is 9.57 Å². The molecule has 2 N–H and O–H groups in total. The van der Waals surface area contributed by atoms with Crippen molar-refractivity contribution < 1.29 is 23.1 Å². The standard InChI is InChI=1S/C35H44F2N8O3/c1-5-35(46)41-28-19-29(32(47-4)20-31(28)44-11-8-25(9-12-44)43-15-13-42(14-16-43)23(2)3)40-33-21-34(39-22-38-33)45-30(10-17-48-45)24-6-7-26(36)27(37)18-24/h5-7,18-23,25,30H,1,8-17H2,2-4H3,(H,41,46)(H,38,39,40)/t30-/m1/s1. The number of ether oxygens (including phenoxy) is 1. The summed E-state index contributed by atoms with van der Waals surface area (Å²) in [6.07, 6.45) is 5.29. The third-order valence-electron chi connectivity index (χ3n) is 9.54. The fourth-order valence-electron chi connectivity index (χ4n) is 6.86. The van der Waals surface area contributed by atoms with Crippen LogP contribution in [-0.4, -0.2) is 90.7 Å². The predicted molar refractivity (Wildman–Crippen MR) is 183 cm³/mol. The van der Waals surface area contributed by atoms with Gasteiger partial charge in [0.25, 0.3) is 0 Å². The zero-order valence-corrected chi connectivity index (χ0v) is 27.8. The summed E-state index contributed by atoms with van der Waals surface area (Å²) in [7, 11) is 1.60. The van der Waals surface area contributed by atoms with Gasteiger partial charge in [-0.15, -0.1) is 0 Å². The lowest BCUT2D eigenvalue weighted by Gasteiger charge is -2.44. The van der Waals surface area contributed by atoms with Gasteiger partial charge < -0.3 is 20.3 Å². The second-order valence-corrected chi connectivity index (χ2v) is 12.7. The SMILES string of the molecule is C=CC(=O)Nc1cc(Nc2cc(N3OCC[C@@H]3c3ccc(F)c(F)c3)ncn2)c(OC)cc1N1CCC(N2CCN(C(C)C)CC2)CC1. The number of halogens is 2. The van der Waals surface area contributed by atoms with Crippen molar-refractivity contribution in [2.24, 2.45) is 0 Å². The van der Waals surface area contributed by atoms with Crippen molar-refractivity contribution in [1.82, 2.24) is 19.8 Å². The number of rotatable bonds is 10. The Balaban J connectivity index is 1.20. The van der Waals surface area contributed by atoms with Crippen molar-refractivity contribution >= 4 is 34.6 Å². The molecule has 0 saturated carbocycles. The Labute approximate surface area is 280 Å². The Morgan fingerprint density at radius 2 is 1.77 bits per heavy atom. The van der Waals surface area contributed by atoms with Gasteiger partial charge in [0.1, 0.15) is 17.9 Å². The molecular weight excluding hydrogens is 618 g/mol. The molecule has 0 aliphatic carbocycles. The van der Waals surface area contributed by atoms with Crippen molar-refractivity contribution in [3.05, 3.63) is 72.6 Å². The van der Waals surface area contributed by atoms with Crippen LogP contribution < -0.4 is 25.3 Å². The van der Waals surface area contributed by atoms with Gasteiger partial charge in [-0.25, -0.2) is 23.8 Å². The average Bonchev–Trinajstić information content (AvgIpc) is 3.60. The average molecular weight is 663 g/mol. The highest BCUT2D eigenvalue weighted by atomic mass is 19.2. The number of hydrogen-bond acceptors (Lipinski definition) is 10. The van der Waals surface area contributed by atoms with Crippen LogP contribution >= 0.6 is 0 Å². The van der Waals surface area contributed by atoms with E-state index < -0.39 is 11.6 Å². The first-order valence-electron chi connectivity index (χ1n) is 16.6. The van der Waals surface area contributed by atoms with Crippen molar-refractivity contribution in [2.45, 2.75) is 51.2 Å². The summed E-state index contributed by atoms with van der Waals surface area (Å²) in [5.74, 6) is -0.658. The number of piperidine rings is 1. The van der Waals surface area contributed by atoms with E-state index in [1.165, 1.54) is 18.5 Å². The molecule has 6 rings (SSSR count). The van der Waals surface area contributed by atoms with Crippen molar-refractivity contribution in [2.75, 3.05) is 73.6 Å². The smallest absolute Gasteiger partial charge is 0.247 e. The molecule has 0 radical (unpaired) electrons. The quantitative estimate of drug-likeness (QED) is 0.271. The molecule has 1 aromatic heterocycles. The van der Waals surface area contributed by atoms with Crippen LogP contribution in [0.4, 0.5) is 37.5 Å². The molecule has 13 heteroatoms. The zero-order chi connectivity index (χ0) is 33.8. The summed E-state index contributed by atoms with van der Waals surface area (Å²) in [6, 6.07) is 10.1. The lowest BCUT2D eigenvalue weighted by atomic mass is 10.0. The van der Waals surface area contributed by atoms with E-state index in [1.807, 2.05) is 12.1 Å². The summed E-state index contributed by atoms with van der Waals surface area (Å²) >= 11 is 0. The minimum atomic E-state index is -0.913. The van der Waals surface area contributed by atoms with E-state index in [2.05, 4.69) is 55.7 Å². The number of anilines is 5. The molecule has 0 spiro atoms. The number of nitrogens with one attached hydrogen (secondary N) is 2. The Kier molecular flexibility index (Phi) is 10.4. The lowest BCUT2D eigenvalue weighted by Crippen LogP contribution is -2.54. The Bertz CT molecular complexity index is 1610. The van der Waals surface area contributed by atoms with Crippen LogP contribution in [0.15, 0.2) is 55.4 Å². The summed E-state index contributed by atoms with van der Waals surface area (Å²) < 4.78 is 33.5. The molecule has 3 aliphatic heterocycles. The molecule has 1 amide bonds. The molecule has 3 fully saturated rings. The van der Waals surface area contributed by atoms with Gasteiger partial charge in [0.2, 0.25) is 5.91 Å². The Hall–Kier alpha value is -4.33. The number of nitrogens with zero attached hydrogens (tertiary/aromatic N) is 6. The maximum atomic E-state index is 14.0. The number of methoxy groups -OCH3 is 1. The van der Waals surface area contributed by atoms with E-state index in [-0.39, 0.29) is 11.9 Å². The number of carbonyl (C=O) groups excluding carboxylic acids is 1. The molecule has 0 bridgehead atoms. The highest BCUT2D eigenvalue weighted by Crippen LogP contribution is 2.40. The number of amides is 1. The normalized spacial score (nSPS) is 19.5. The minimum absolute atomic E-state index is 0.316. The maximum absolute atomic E-state index is 14.0. The van der Waals surface area contributed by atoms with E-state index in [0.717, 1.165) is 63.9 Å². The summed E-state index contributed by atoms with van der Waals surface area (Å²) in [4.78, 5) is 34.7. The first-order chi connectivity index (χ1) is 23.2. The predicted octanol–water partition coefficient (Wildman–Crippen LogP) is 5.51.